The summed E-state index contributed by atoms with van der Waals surface area (Å²) in [4.78, 5) is 26.0. The lowest BCUT2D eigenvalue weighted by molar-refractivity contribution is -0.116. The number of hydrogen-bond donors (Lipinski definition) is 1. The Morgan fingerprint density at radius 1 is 1.20 bits per heavy atom. The third-order valence-corrected chi connectivity index (χ3v) is 3.85. The zero-order valence-corrected chi connectivity index (χ0v) is 14.6. The molecule has 132 valence electrons. The molecule has 5 nitrogen and oxygen atoms in total. The number of carbonyl (C=O) groups excluding carboxylic acids is 2. The van der Waals surface area contributed by atoms with Crippen LogP contribution in [0.3, 0.4) is 0 Å². The van der Waals surface area contributed by atoms with Gasteiger partial charge in [0, 0.05) is 12.2 Å². The third-order valence-electron chi connectivity index (χ3n) is 3.54. The Bertz CT molecular complexity index is 765. The number of rotatable bonds is 6. The van der Waals surface area contributed by atoms with E-state index in [4.69, 9.17) is 16.3 Å². The molecule has 25 heavy (non-hydrogen) atoms. The number of nitrogens with one attached hydrogen (secondary N) is 1. The van der Waals surface area contributed by atoms with E-state index in [1.54, 1.807) is 38.3 Å². The SMILES string of the molecule is CCN(CC(=O)Nc1ccc(OC)cc1)C(=O)c1ccc(F)cc1Cl. The molecule has 0 aromatic heterocycles. The highest BCUT2D eigenvalue weighted by molar-refractivity contribution is 6.33. The Balaban J connectivity index is 2.04. The zero-order chi connectivity index (χ0) is 18.4. The fourth-order valence-corrected chi connectivity index (χ4v) is 2.46. The minimum Gasteiger partial charge on any atom is -0.497 e. The van der Waals surface area contributed by atoms with E-state index < -0.39 is 11.7 Å². The first-order valence-electron chi connectivity index (χ1n) is 7.62. The summed E-state index contributed by atoms with van der Waals surface area (Å²) in [5, 5.41) is 2.72. The van der Waals surface area contributed by atoms with Crippen molar-refractivity contribution in [2.75, 3.05) is 25.5 Å². The summed E-state index contributed by atoms with van der Waals surface area (Å²) in [6, 6.07) is 10.4. The van der Waals surface area contributed by atoms with Crippen LogP contribution in [-0.2, 0) is 4.79 Å². The number of hydrogen-bond acceptors (Lipinski definition) is 3. The monoisotopic (exact) mass is 364 g/mol. The largest absolute Gasteiger partial charge is 0.497 e. The van der Waals surface area contributed by atoms with Gasteiger partial charge in [0.05, 0.1) is 17.7 Å². The number of amides is 2. The molecule has 0 aliphatic carbocycles. The van der Waals surface area contributed by atoms with Crippen LogP contribution in [0.2, 0.25) is 5.02 Å². The standard InChI is InChI=1S/C18H18ClFN2O3/c1-3-22(18(24)15-9-4-12(20)10-16(15)19)11-17(23)21-13-5-7-14(25-2)8-6-13/h4-10H,3,11H2,1-2H3,(H,21,23). The van der Waals surface area contributed by atoms with Crippen molar-refractivity contribution in [3.05, 3.63) is 58.9 Å². The van der Waals surface area contributed by atoms with Crippen LogP contribution in [0, 0.1) is 5.82 Å². The minimum atomic E-state index is -0.526. The number of halogens is 2. The van der Waals surface area contributed by atoms with Gasteiger partial charge in [0.2, 0.25) is 5.91 Å². The number of carbonyl (C=O) groups is 2. The molecule has 0 saturated heterocycles. The van der Waals surface area contributed by atoms with Crippen molar-refractivity contribution in [2.24, 2.45) is 0 Å². The zero-order valence-electron chi connectivity index (χ0n) is 13.9. The molecule has 0 radical (unpaired) electrons. The van der Waals surface area contributed by atoms with Gasteiger partial charge in [0.1, 0.15) is 18.1 Å². The first kappa shape index (κ1) is 18.7. The van der Waals surface area contributed by atoms with E-state index >= 15 is 0 Å². The Hall–Kier alpha value is -2.60. The molecule has 0 aliphatic heterocycles. The molecule has 0 aliphatic rings. The van der Waals surface area contributed by atoms with Gasteiger partial charge in [-0.15, -0.1) is 0 Å². The van der Waals surface area contributed by atoms with E-state index in [9.17, 15) is 14.0 Å². The summed E-state index contributed by atoms with van der Waals surface area (Å²) >= 11 is 5.92. The molecule has 0 saturated carbocycles. The molecule has 2 rings (SSSR count). The van der Waals surface area contributed by atoms with Gasteiger partial charge in [-0.1, -0.05) is 11.6 Å². The van der Waals surface area contributed by atoms with Gasteiger partial charge in [0.15, 0.2) is 0 Å². The number of ether oxygens (including phenoxy) is 1. The average molecular weight is 365 g/mol. The van der Waals surface area contributed by atoms with Gasteiger partial charge in [-0.3, -0.25) is 9.59 Å². The van der Waals surface area contributed by atoms with E-state index in [1.165, 1.54) is 11.0 Å². The van der Waals surface area contributed by atoms with Crippen LogP contribution >= 0.6 is 11.6 Å². The fourth-order valence-electron chi connectivity index (χ4n) is 2.21. The lowest BCUT2D eigenvalue weighted by Crippen LogP contribution is -2.38. The maximum atomic E-state index is 13.1. The maximum Gasteiger partial charge on any atom is 0.255 e. The van der Waals surface area contributed by atoms with E-state index in [1.807, 2.05) is 0 Å². The second kappa shape index (κ2) is 8.48. The molecule has 2 aromatic carbocycles. The lowest BCUT2D eigenvalue weighted by Gasteiger charge is -2.21. The summed E-state index contributed by atoms with van der Waals surface area (Å²) in [7, 11) is 1.55. The summed E-state index contributed by atoms with van der Waals surface area (Å²) in [6.45, 7) is 1.91. The van der Waals surface area contributed by atoms with Crippen molar-refractivity contribution >= 4 is 29.1 Å². The van der Waals surface area contributed by atoms with Crippen molar-refractivity contribution in [2.45, 2.75) is 6.92 Å². The minimum absolute atomic E-state index is 0.0130. The molecule has 0 atom stereocenters. The third kappa shape index (κ3) is 4.93. The normalized spacial score (nSPS) is 10.2. The quantitative estimate of drug-likeness (QED) is 0.852. The Kier molecular flexibility index (Phi) is 6.36. The van der Waals surface area contributed by atoms with Crippen molar-refractivity contribution in [3.63, 3.8) is 0 Å². The Morgan fingerprint density at radius 2 is 1.88 bits per heavy atom. The number of anilines is 1. The van der Waals surface area contributed by atoms with Gasteiger partial charge < -0.3 is 15.0 Å². The molecule has 0 bridgehead atoms. The second-order valence-electron chi connectivity index (χ2n) is 5.22. The first-order valence-corrected chi connectivity index (χ1v) is 8.00. The highest BCUT2D eigenvalue weighted by atomic mass is 35.5. The number of benzene rings is 2. The second-order valence-corrected chi connectivity index (χ2v) is 5.63. The molecule has 0 fully saturated rings. The van der Waals surface area contributed by atoms with Crippen LogP contribution < -0.4 is 10.1 Å². The molecule has 2 aromatic rings. The number of nitrogens with zero attached hydrogens (tertiary/aromatic N) is 1. The summed E-state index contributed by atoms with van der Waals surface area (Å²) in [5.41, 5.74) is 0.747. The lowest BCUT2D eigenvalue weighted by atomic mass is 10.2. The highest BCUT2D eigenvalue weighted by Gasteiger charge is 2.20. The Labute approximate surface area is 150 Å². The predicted octanol–water partition coefficient (Wildman–Crippen LogP) is 3.59. The van der Waals surface area contributed by atoms with Gasteiger partial charge >= 0.3 is 0 Å². The molecule has 0 unspecified atom stereocenters. The highest BCUT2D eigenvalue weighted by Crippen LogP contribution is 2.19. The van der Waals surface area contributed by atoms with E-state index in [0.29, 0.717) is 18.0 Å². The predicted molar refractivity (Wildman–Crippen MR) is 94.6 cm³/mol. The van der Waals surface area contributed by atoms with Gasteiger partial charge in [-0.05, 0) is 49.4 Å². The summed E-state index contributed by atoms with van der Waals surface area (Å²) in [5.74, 6) is -0.632. The molecule has 0 heterocycles. The maximum absolute atomic E-state index is 13.1. The smallest absolute Gasteiger partial charge is 0.255 e. The number of methoxy groups -OCH3 is 1. The molecule has 1 N–H and O–H groups in total. The van der Waals surface area contributed by atoms with Crippen molar-refractivity contribution in [3.8, 4) is 5.75 Å². The van der Waals surface area contributed by atoms with Crippen molar-refractivity contribution < 1.29 is 18.7 Å². The average Bonchev–Trinajstić information content (AvgIpc) is 2.60. The van der Waals surface area contributed by atoms with E-state index in [2.05, 4.69) is 5.32 Å². The van der Waals surface area contributed by atoms with Crippen LogP contribution in [0.1, 0.15) is 17.3 Å². The molecule has 2 amide bonds. The van der Waals surface area contributed by atoms with Crippen LogP contribution in [0.15, 0.2) is 42.5 Å². The Morgan fingerprint density at radius 3 is 2.44 bits per heavy atom. The summed E-state index contributed by atoms with van der Waals surface area (Å²) < 4.78 is 18.2. The van der Waals surface area contributed by atoms with Gasteiger partial charge in [-0.2, -0.15) is 0 Å². The van der Waals surface area contributed by atoms with Crippen molar-refractivity contribution in [1.29, 1.82) is 0 Å². The molecule has 7 heteroatoms. The van der Waals surface area contributed by atoms with Crippen LogP contribution in [0.5, 0.6) is 5.75 Å². The van der Waals surface area contributed by atoms with Crippen molar-refractivity contribution in [1.82, 2.24) is 4.90 Å². The van der Waals surface area contributed by atoms with Gasteiger partial charge in [0.25, 0.3) is 5.91 Å². The van der Waals surface area contributed by atoms with Crippen LogP contribution in [0.4, 0.5) is 10.1 Å². The number of likely N-dealkylation sites (N-methyl/N-ethyl adjacent to an activating group) is 1. The first-order chi connectivity index (χ1) is 11.9. The molecule has 0 spiro atoms. The summed E-state index contributed by atoms with van der Waals surface area (Å²) in [6.07, 6.45) is 0. The topological polar surface area (TPSA) is 58.6 Å². The molecular weight excluding hydrogens is 347 g/mol. The molecular formula is C18H18ClFN2O3. The van der Waals surface area contributed by atoms with Crippen LogP contribution in [0.25, 0.3) is 0 Å². The van der Waals surface area contributed by atoms with Gasteiger partial charge in [-0.25, -0.2) is 4.39 Å². The van der Waals surface area contributed by atoms with Crippen LogP contribution in [-0.4, -0.2) is 36.9 Å². The van der Waals surface area contributed by atoms with E-state index in [-0.39, 0.29) is 23.0 Å². The van der Waals surface area contributed by atoms with E-state index in [0.717, 1.165) is 12.1 Å². The fraction of sp³-hybridized carbons (Fsp3) is 0.222.